The summed E-state index contributed by atoms with van der Waals surface area (Å²) in [6, 6.07) is 0. The first-order valence-corrected chi connectivity index (χ1v) is 14.3. The van der Waals surface area contributed by atoms with Crippen LogP contribution in [0.1, 0.15) is 122 Å². The van der Waals surface area contributed by atoms with Crippen molar-refractivity contribution in [2.24, 2.45) is 0 Å². The maximum atomic E-state index is 12.0. The van der Waals surface area contributed by atoms with E-state index in [0.29, 0.717) is 6.42 Å². The van der Waals surface area contributed by atoms with Crippen LogP contribution < -0.4 is 0 Å². The van der Waals surface area contributed by atoms with Crippen molar-refractivity contribution < 1.29 is 39.8 Å². The molecule has 0 aromatic rings. The molecule has 1 fully saturated rings. The summed E-state index contributed by atoms with van der Waals surface area (Å²) in [7, 11) is 0. The standard InChI is InChI=1S/C28H52O8/c1-2-3-4-5-6-7-8-9-10-11-12-13-14-15-16-17-18-19-20-21-24(30)36-28(34)27(33)26(32)25(31)23(22-29)35-28/h9-10,23,25-27,29,31-34H,2-8,11-22H2,1H3/b10-9-/t23-,25-,26+,27-,28?/m1/s1. The smallest absolute Gasteiger partial charge is 0.357 e. The summed E-state index contributed by atoms with van der Waals surface area (Å²) in [5, 5.41) is 48.9. The Balaban J connectivity index is 1.96. The highest BCUT2D eigenvalue weighted by molar-refractivity contribution is 5.69. The SMILES string of the molecule is CCCCCCCC/C=C\CCCCCCCCCCCC(=O)OC1(O)O[C@H](CO)[C@@H](O)[C@H](O)[C@H]1O. The zero-order valence-corrected chi connectivity index (χ0v) is 22.4. The molecule has 0 radical (unpaired) electrons. The third-order valence-corrected chi connectivity index (χ3v) is 6.83. The van der Waals surface area contributed by atoms with Gasteiger partial charge in [-0.3, -0.25) is 4.79 Å². The number of hydrogen-bond acceptors (Lipinski definition) is 8. The number of carbonyl (C=O) groups excluding carboxylic acids is 1. The number of esters is 1. The molecule has 0 amide bonds. The summed E-state index contributed by atoms with van der Waals surface area (Å²) >= 11 is 0. The predicted octanol–water partition coefficient (Wildman–Crippen LogP) is 4.25. The second kappa shape index (κ2) is 20.0. The lowest BCUT2D eigenvalue weighted by Crippen LogP contribution is -2.66. The van der Waals surface area contributed by atoms with Gasteiger partial charge in [-0.25, -0.2) is 0 Å². The fourth-order valence-electron chi connectivity index (χ4n) is 4.47. The molecule has 8 nitrogen and oxygen atoms in total. The van der Waals surface area contributed by atoms with Crippen molar-refractivity contribution in [3.05, 3.63) is 12.2 Å². The van der Waals surface area contributed by atoms with Crippen LogP contribution in [0.4, 0.5) is 0 Å². The van der Waals surface area contributed by atoms with Crippen molar-refractivity contribution in [3.8, 4) is 0 Å². The van der Waals surface area contributed by atoms with E-state index in [4.69, 9.17) is 9.47 Å². The monoisotopic (exact) mass is 516 g/mol. The number of ether oxygens (including phenoxy) is 2. The van der Waals surface area contributed by atoms with Crippen molar-refractivity contribution >= 4 is 5.97 Å². The summed E-state index contributed by atoms with van der Waals surface area (Å²) in [5.74, 6) is -3.58. The largest absolute Gasteiger partial charge is 0.406 e. The van der Waals surface area contributed by atoms with Gasteiger partial charge in [0.15, 0.2) is 6.10 Å². The van der Waals surface area contributed by atoms with E-state index in [-0.39, 0.29) is 6.42 Å². The molecule has 5 N–H and O–H groups in total. The quantitative estimate of drug-likeness (QED) is 0.0661. The molecule has 0 spiro atoms. The Bertz CT molecular complexity index is 582. The highest BCUT2D eigenvalue weighted by Gasteiger charge is 2.55. The highest BCUT2D eigenvalue weighted by Crippen LogP contribution is 2.29. The normalized spacial score (nSPS) is 26.5. The van der Waals surface area contributed by atoms with Crippen LogP contribution >= 0.6 is 0 Å². The van der Waals surface area contributed by atoms with Crippen LogP contribution in [0.15, 0.2) is 12.2 Å². The van der Waals surface area contributed by atoms with Crippen LogP contribution in [0.5, 0.6) is 0 Å². The predicted molar refractivity (Wildman–Crippen MR) is 139 cm³/mol. The fraction of sp³-hybridized carbons (Fsp3) is 0.893. The van der Waals surface area contributed by atoms with Gasteiger partial charge in [-0.15, -0.1) is 0 Å². The van der Waals surface area contributed by atoms with Crippen molar-refractivity contribution in [3.63, 3.8) is 0 Å². The van der Waals surface area contributed by atoms with Crippen molar-refractivity contribution in [1.29, 1.82) is 0 Å². The van der Waals surface area contributed by atoms with E-state index >= 15 is 0 Å². The maximum absolute atomic E-state index is 12.0. The van der Waals surface area contributed by atoms with Gasteiger partial charge in [0.05, 0.1) is 6.61 Å². The van der Waals surface area contributed by atoms with Crippen LogP contribution in [-0.4, -0.2) is 68.5 Å². The zero-order valence-electron chi connectivity index (χ0n) is 22.4. The Morgan fingerprint density at radius 2 is 1.25 bits per heavy atom. The number of aliphatic hydroxyl groups is 5. The zero-order chi connectivity index (χ0) is 26.7. The molecule has 1 rings (SSSR count). The molecular weight excluding hydrogens is 464 g/mol. The van der Waals surface area contributed by atoms with E-state index in [9.17, 15) is 30.3 Å². The first-order chi connectivity index (χ1) is 17.4. The minimum absolute atomic E-state index is 0.0349. The van der Waals surface area contributed by atoms with Gasteiger partial charge in [-0.1, -0.05) is 96.1 Å². The average molecular weight is 517 g/mol. The van der Waals surface area contributed by atoms with Crippen LogP contribution in [0.3, 0.4) is 0 Å². The summed E-state index contributed by atoms with van der Waals surface area (Å²) in [5.41, 5.74) is 0. The number of hydrogen-bond donors (Lipinski definition) is 5. The molecule has 0 bridgehead atoms. The van der Waals surface area contributed by atoms with Crippen LogP contribution in [0, 0.1) is 0 Å². The molecular formula is C28H52O8. The molecule has 8 heteroatoms. The first-order valence-electron chi connectivity index (χ1n) is 14.3. The van der Waals surface area contributed by atoms with Gasteiger partial charge in [0, 0.05) is 6.42 Å². The summed E-state index contributed by atoms with van der Waals surface area (Å²) < 4.78 is 9.77. The Kier molecular flexibility index (Phi) is 18.3. The molecule has 1 aliphatic heterocycles. The molecule has 0 saturated carbocycles. The second-order valence-corrected chi connectivity index (χ2v) is 10.1. The summed E-state index contributed by atoms with van der Waals surface area (Å²) in [4.78, 5) is 12.0. The molecule has 1 aliphatic rings. The van der Waals surface area contributed by atoms with E-state index in [1.54, 1.807) is 0 Å². The average Bonchev–Trinajstić information content (AvgIpc) is 2.86. The molecule has 1 unspecified atom stereocenters. The van der Waals surface area contributed by atoms with Gasteiger partial charge in [-0.2, -0.15) is 0 Å². The van der Waals surface area contributed by atoms with Gasteiger partial charge >= 0.3 is 11.9 Å². The van der Waals surface area contributed by atoms with Gasteiger partial charge in [-0.05, 0) is 32.1 Å². The Hall–Kier alpha value is -1.03. The van der Waals surface area contributed by atoms with E-state index in [2.05, 4.69) is 19.1 Å². The van der Waals surface area contributed by atoms with Crippen LogP contribution in [-0.2, 0) is 14.3 Å². The molecule has 5 atom stereocenters. The molecule has 1 saturated heterocycles. The van der Waals surface area contributed by atoms with Crippen LogP contribution in [0.25, 0.3) is 0 Å². The van der Waals surface area contributed by atoms with Gasteiger partial charge in [0.1, 0.15) is 18.3 Å². The van der Waals surface area contributed by atoms with Gasteiger partial charge in [0.25, 0.3) is 0 Å². The summed E-state index contributed by atoms with van der Waals surface area (Å²) in [6.07, 6.45) is 18.1. The molecule has 212 valence electrons. The Labute approximate surface area is 217 Å². The van der Waals surface area contributed by atoms with Gasteiger partial charge < -0.3 is 35.0 Å². The molecule has 0 aromatic carbocycles. The second-order valence-electron chi connectivity index (χ2n) is 10.1. The molecule has 0 aromatic heterocycles. The van der Waals surface area contributed by atoms with Crippen molar-refractivity contribution in [2.75, 3.05) is 6.61 Å². The fourth-order valence-corrected chi connectivity index (χ4v) is 4.47. The Morgan fingerprint density at radius 1 is 0.778 bits per heavy atom. The number of rotatable bonds is 21. The molecule has 36 heavy (non-hydrogen) atoms. The minimum Gasteiger partial charge on any atom is -0.406 e. The van der Waals surface area contributed by atoms with E-state index in [0.717, 1.165) is 19.3 Å². The van der Waals surface area contributed by atoms with Crippen LogP contribution in [0.2, 0.25) is 0 Å². The number of allylic oxidation sites excluding steroid dienone is 2. The van der Waals surface area contributed by atoms with Crippen molar-refractivity contribution in [1.82, 2.24) is 0 Å². The number of carbonyl (C=O) groups is 1. The topological polar surface area (TPSA) is 137 Å². The third-order valence-electron chi connectivity index (χ3n) is 6.83. The van der Waals surface area contributed by atoms with E-state index in [1.807, 2.05) is 0 Å². The van der Waals surface area contributed by atoms with Crippen molar-refractivity contribution in [2.45, 2.75) is 153 Å². The number of aliphatic hydroxyl groups excluding tert-OH is 4. The third kappa shape index (κ3) is 13.5. The molecule has 1 heterocycles. The minimum atomic E-state index is -2.80. The lowest BCUT2D eigenvalue weighted by atomic mass is 9.98. The van der Waals surface area contributed by atoms with E-state index < -0.39 is 43.0 Å². The van der Waals surface area contributed by atoms with Gasteiger partial charge in [0.2, 0.25) is 0 Å². The van der Waals surface area contributed by atoms with E-state index in [1.165, 1.54) is 83.5 Å². The first kappa shape index (κ1) is 33.0. The Morgan fingerprint density at radius 3 is 1.75 bits per heavy atom. The number of unbranched alkanes of at least 4 members (excludes halogenated alkanes) is 15. The summed E-state index contributed by atoms with van der Waals surface area (Å²) in [6.45, 7) is 1.53. The molecule has 0 aliphatic carbocycles. The highest BCUT2D eigenvalue weighted by atomic mass is 16.8. The maximum Gasteiger partial charge on any atom is 0.357 e. The lowest BCUT2D eigenvalue weighted by molar-refractivity contribution is -0.434. The lowest BCUT2D eigenvalue weighted by Gasteiger charge is -2.43.